The summed E-state index contributed by atoms with van der Waals surface area (Å²) in [7, 11) is 0. The minimum Gasteiger partial charge on any atom is -0.324 e. The summed E-state index contributed by atoms with van der Waals surface area (Å²) < 4.78 is 14.3. The smallest absolute Gasteiger partial charge is 0.274 e. The molecule has 9 nitrogen and oxygen atoms in total. The fourth-order valence-electron chi connectivity index (χ4n) is 6.46. The first kappa shape index (κ1) is 20.0. The van der Waals surface area contributed by atoms with Crippen molar-refractivity contribution in [2.45, 2.75) is 31.3 Å². The molecule has 3 saturated heterocycles. The fourth-order valence-corrected chi connectivity index (χ4v) is 6.46. The van der Waals surface area contributed by atoms with Crippen molar-refractivity contribution in [2.24, 2.45) is 11.8 Å². The summed E-state index contributed by atoms with van der Waals surface area (Å²) in [5.41, 5.74) is -0.550. The van der Waals surface area contributed by atoms with Gasteiger partial charge >= 0.3 is 0 Å². The van der Waals surface area contributed by atoms with E-state index >= 15 is 0 Å². The summed E-state index contributed by atoms with van der Waals surface area (Å²) in [6, 6.07) is 7.88. The molecule has 0 bridgehead atoms. The normalized spacial score (nSPS) is 30.1. The second-order valence-corrected chi connectivity index (χ2v) is 9.01. The van der Waals surface area contributed by atoms with Gasteiger partial charge in [0.2, 0.25) is 17.7 Å². The maximum absolute atomic E-state index is 14.3. The van der Waals surface area contributed by atoms with Gasteiger partial charge in [-0.3, -0.25) is 29.4 Å². The predicted molar refractivity (Wildman–Crippen MR) is 114 cm³/mol. The van der Waals surface area contributed by atoms with Crippen molar-refractivity contribution in [3.63, 3.8) is 0 Å². The molecule has 0 aliphatic carbocycles. The number of halogens is 1. The number of anilines is 2. The van der Waals surface area contributed by atoms with E-state index in [0.29, 0.717) is 24.2 Å². The highest BCUT2D eigenvalue weighted by Crippen LogP contribution is 2.60. The van der Waals surface area contributed by atoms with Crippen molar-refractivity contribution in [2.75, 3.05) is 16.8 Å². The molecule has 168 valence electrons. The Balaban J connectivity index is 1.56. The number of benzene rings is 2. The molecule has 1 spiro atoms. The second kappa shape index (κ2) is 6.44. The molecule has 0 unspecified atom stereocenters. The summed E-state index contributed by atoms with van der Waals surface area (Å²) in [5.74, 6) is -3.88. The number of nitrogens with one attached hydrogen (secondary N) is 1. The Morgan fingerprint density at radius 3 is 2.73 bits per heavy atom. The van der Waals surface area contributed by atoms with E-state index in [2.05, 4.69) is 5.32 Å². The van der Waals surface area contributed by atoms with Crippen molar-refractivity contribution in [1.29, 1.82) is 0 Å². The molecule has 33 heavy (non-hydrogen) atoms. The van der Waals surface area contributed by atoms with Gasteiger partial charge in [0.25, 0.3) is 5.69 Å². The Hall–Kier alpha value is -3.66. The van der Waals surface area contributed by atoms with Crippen LogP contribution >= 0.6 is 0 Å². The van der Waals surface area contributed by atoms with Crippen LogP contribution in [0.1, 0.15) is 24.0 Å². The lowest BCUT2D eigenvalue weighted by Gasteiger charge is -2.36. The molecule has 0 radical (unpaired) electrons. The topological polar surface area (TPSA) is 113 Å². The fraction of sp³-hybridized carbons (Fsp3) is 0.348. The van der Waals surface area contributed by atoms with Crippen molar-refractivity contribution >= 4 is 34.8 Å². The average molecular weight is 450 g/mol. The van der Waals surface area contributed by atoms with E-state index in [1.54, 1.807) is 0 Å². The van der Waals surface area contributed by atoms with Gasteiger partial charge in [-0.25, -0.2) is 9.29 Å². The maximum atomic E-state index is 14.3. The first-order valence-electron chi connectivity index (χ1n) is 10.8. The third-order valence-corrected chi connectivity index (χ3v) is 7.67. The summed E-state index contributed by atoms with van der Waals surface area (Å²) in [5, 5.41) is 14.2. The van der Waals surface area contributed by atoms with E-state index in [9.17, 15) is 28.9 Å². The van der Waals surface area contributed by atoms with Crippen molar-refractivity contribution < 1.29 is 23.7 Å². The number of nitrogens with zero attached hydrogens (tertiary/aromatic N) is 3. The molecule has 4 aliphatic heterocycles. The highest BCUT2D eigenvalue weighted by Gasteiger charge is 2.74. The molecule has 1 N–H and O–H groups in total. The molecule has 6 rings (SSSR count). The van der Waals surface area contributed by atoms with Gasteiger partial charge < -0.3 is 5.32 Å². The van der Waals surface area contributed by atoms with Gasteiger partial charge in [0, 0.05) is 23.4 Å². The number of amides is 3. The van der Waals surface area contributed by atoms with E-state index in [0.717, 1.165) is 11.3 Å². The lowest BCUT2D eigenvalue weighted by Crippen LogP contribution is -2.54. The van der Waals surface area contributed by atoms with Crippen molar-refractivity contribution in [3.8, 4) is 0 Å². The number of imide groups is 1. The standard InChI is InChI=1S/C23H19FN4O5/c1-11-15(4-2-5-16(11)28(32)33)27-20(29)18-17-6-3-9-26(17)23(19(18)21(27)30)13-10-12(24)7-8-14(13)25-22(23)31/h2,4-5,7-8,10,17-19H,3,6,9H2,1H3,(H,25,31)/t17-,18+,19+,23-/m0/s1. The first-order chi connectivity index (χ1) is 15.8. The zero-order valence-corrected chi connectivity index (χ0v) is 17.6. The minimum atomic E-state index is -1.49. The highest BCUT2D eigenvalue weighted by molar-refractivity contribution is 6.26. The quantitative estimate of drug-likeness (QED) is 0.427. The number of carbonyl (C=O) groups excluding carboxylic acids is 3. The van der Waals surface area contributed by atoms with E-state index in [4.69, 9.17) is 0 Å². The molecular weight excluding hydrogens is 431 g/mol. The lowest BCUT2D eigenvalue weighted by molar-refractivity contribution is -0.385. The van der Waals surface area contributed by atoms with Crippen LogP contribution in [0.3, 0.4) is 0 Å². The monoisotopic (exact) mass is 450 g/mol. The van der Waals surface area contributed by atoms with Gasteiger partial charge in [-0.15, -0.1) is 0 Å². The molecule has 3 fully saturated rings. The van der Waals surface area contributed by atoms with Gasteiger partial charge in [-0.2, -0.15) is 0 Å². The molecule has 3 amide bonds. The van der Waals surface area contributed by atoms with E-state index < -0.39 is 45.8 Å². The van der Waals surface area contributed by atoms with Crippen LogP contribution in [-0.4, -0.2) is 40.1 Å². The predicted octanol–water partition coefficient (Wildman–Crippen LogP) is 2.47. The molecule has 4 aliphatic rings. The molecule has 10 heteroatoms. The molecule has 2 aromatic carbocycles. The van der Waals surface area contributed by atoms with Crippen LogP contribution in [0.2, 0.25) is 0 Å². The Morgan fingerprint density at radius 2 is 1.97 bits per heavy atom. The van der Waals surface area contributed by atoms with Crippen LogP contribution in [-0.2, 0) is 19.9 Å². The number of rotatable bonds is 2. The zero-order valence-electron chi connectivity index (χ0n) is 17.6. The number of hydrogen-bond donors (Lipinski definition) is 1. The number of carbonyl (C=O) groups is 3. The molecule has 2 aromatic rings. The molecule has 4 atom stereocenters. The first-order valence-corrected chi connectivity index (χ1v) is 10.8. The average Bonchev–Trinajstić information content (AvgIpc) is 3.47. The van der Waals surface area contributed by atoms with Gasteiger partial charge in [0.1, 0.15) is 11.4 Å². The number of nitro groups is 1. The van der Waals surface area contributed by atoms with Crippen LogP contribution in [0, 0.1) is 34.7 Å². The summed E-state index contributed by atoms with van der Waals surface area (Å²) in [6.07, 6.45) is 1.37. The second-order valence-electron chi connectivity index (χ2n) is 9.01. The zero-order chi connectivity index (χ0) is 23.2. The lowest BCUT2D eigenvalue weighted by atomic mass is 9.75. The van der Waals surface area contributed by atoms with Crippen LogP contribution in [0.5, 0.6) is 0 Å². The summed E-state index contributed by atoms with van der Waals surface area (Å²) in [6.45, 7) is 2.00. The highest BCUT2D eigenvalue weighted by atomic mass is 19.1. The maximum Gasteiger partial charge on any atom is 0.274 e. The molecule has 0 saturated carbocycles. The van der Waals surface area contributed by atoms with Gasteiger partial charge in [0.05, 0.1) is 28.0 Å². The van der Waals surface area contributed by atoms with E-state index in [-0.39, 0.29) is 23.0 Å². The number of fused-ring (bicyclic) bond motifs is 7. The van der Waals surface area contributed by atoms with E-state index in [1.165, 1.54) is 43.3 Å². The number of hydrogen-bond acceptors (Lipinski definition) is 6. The largest absolute Gasteiger partial charge is 0.324 e. The Kier molecular flexibility index (Phi) is 3.90. The Bertz CT molecular complexity index is 1300. The van der Waals surface area contributed by atoms with E-state index in [1.807, 2.05) is 4.90 Å². The van der Waals surface area contributed by atoms with Crippen LogP contribution in [0.4, 0.5) is 21.5 Å². The van der Waals surface area contributed by atoms with Crippen LogP contribution in [0.25, 0.3) is 0 Å². The molecule has 4 heterocycles. The van der Waals surface area contributed by atoms with Crippen LogP contribution < -0.4 is 10.2 Å². The van der Waals surface area contributed by atoms with Gasteiger partial charge in [-0.05, 0) is 50.6 Å². The third kappa shape index (κ3) is 2.26. The van der Waals surface area contributed by atoms with Crippen molar-refractivity contribution in [1.82, 2.24) is 4.90 Å². The Morgan fingerprint density at radius 1 is 1.18 bits per heavy atom. The third-order valence-electron chi connectivity index (χ3n) is 7.67. The van der Waals surface area contributed by atoms with Gasteiger partial charge in [-0.1, -0.05) is 6.07 Å². The molecular formula is C23H19FN4O5. The van der Waals surface area contributed by atoms with Gasteiger partial charge in [0.15, 0.2) is 0 Å². The van der Waals surface area contributed by atoms with Crippen LogP contribution in [0.15, 0.2) is 36.4 Å². The van der Waals surface area contributed by atoms with Crippen molar-refractivity contribution in [3.05, 3.63) is 63.5 Å². The Labute approximate surface area is 187 Å². The molecule has 0 aromatic heterocycles. The number of nitro benzene ring substituents is 1. The summed E-state index contributed by atoms with van der Waals surface area (Å²) in [4.78, 5) is 54.9. The SMILES string of the molecule is Cc1c(N2C(=O)[C@@H]3[C@@H]4CCCN4[C@]4(C(=O)Nc5ccc(F)cc54)[C@H]3C2=O)cccc1[N+](=O)[O-]. The summed E-state index contributed by atoms with van der Waals surface area (Å²) >= 11 is 0. The minimum absolute atomic E-state index is 0.145.